The standard InChI is InChI=1S/C26H19N2O2P.C10H8/c29-24-21-14-6-7-15-22(21)25(30)28-26(23-16-8-10-18-9-4-5-13-20(18)23)31(17-27(24)28)19-11-2-1-3-12-19;1-2-6-10-8-4-3-7-9(10)5-1/h1-16,26H,17H2;1-8H. The number of hydrogen-bond donors (Lipinski definition) is 0. The van der Waals surface area contributed by atoms with E-state index in [9.17, 15) is 9.59 Å². The van der Waals surface area contributed by atoms with Crippen LogP contribution >= 0.6 is 7.92 Å². The molecule has 1 aliphatic rings. The summed E-state index contributed by atoms with van der Waals surface area (Å²) in [7, 11) is -0.849. The summed E-state index contributed by atoms with van der Waals surface area (Å²) in [4.78, 5) is 27.1. The van der Waals surface area contributed by atoms with Crippen molar-refractivity contribution < 1.29 is 0 Å². The number of hydrogen-bond acceptors (Lipinski definition) is 2. The number of rotatable bonds is 2. The molecule has 1 aromatic heterocycles. The van der Waals surface area contributed by atoms with Gasteiger partial charge >= 0.3 is 0 Å². The fourth-order valence-electron chi connectivity index (χ4n) is 5.81. The van der Waals surface area contributed by atoms with Gasteiger partial charge in [-0.3, -0.25) is 9.59 Å². The van der Waals surface area contributed by atoms with Crippen LogP contribution < -0.4 is 16.4 Å². The average Bonchev–Trinajstić information content (AvgIpc) is 3.45. The quantitative estimate of drug-likeness (QED) is 0.210. The number of aromatic nitrogens is 2. The molecule has 0 spiro atoms. The molecule has 0 fully saturated rings. The Bertz CT molecular complexity index is 2080. The molecule has 6 aromatic carbocycles. The predicted octanol–water partition coefficient (Wildman–Crippen LogP) is 7.48. The Labute approximate surface area is 238 Å². The molecule has 0 N–H and O–H groups in total. The highest BCUT2D eigenvalue weighted by Crippen LogP contribution is 2.56. The largest absolute Gasteiger partial charge is 0.274 e. The molecule has 0 amide bonds. The van der Waals surface area contributed by atoms with Crippen molar-refractivity contribution in [3.8, 4) is 0 Å². The van der Waals surface area contributed by atoms with Crippen molar-refractivity contribution in [3.63, 3.8) is 0 Å². The third-order valence-corrected chi connectivity index (χ3v) is 10.4. The van der Waals surface area contributed by atoms with Gasteiger partial charge in [-0.15, -0.1) is 0 Å². The summed E-state index contributed by atoms with van der Waals surface area (Å²) in [5.74, 6) is -0.201. The predicted molar refractivity (Wildman–Crippen MR) is 171 cm³/mol. The molecule has 1 aliphatic heterocycles. The number of nitrogens with zero attached hydrogens (tertiary/aromatic N) is 2. The minimum Gasteiger partial charge on any atom is -0.267 e. The fraction of sp³-hybridized carbons (Fsp3) is 0.0556. The number of fused-ring (bicyclic) bond motifs is 4. The van der Waals surface area contributed by atoms with E-state index in [4.69, 9.17) is 0 Å². The topological polar surface area (TPSA) is 44.0 Å². The van der Waals surface area contributed by atoms with Gasteiger partial charge in [0.1, 0.15) is 5.78 Å². The molecule has 5 heteroatoms. The van der Waals surface area contributed by atoms with Crippen molar-refractivity contribution in [2.24, 2.45) is 0 Å². The van der Waals surface area contributed by atoms with Crippen molar-refractivity contribution in [3.05, 3.63) is 172 Å². The summed E-state index contributed by atoms with van der Waals surface area (Å²) >= 11 is 0. The van der Waals surface area contributed by atoms with Gasteiger partial charge in [0.25, 0.3) is 11.1 Å². The van der Waals surface area contributed by atoms with Crippen LogP contribution in [0.3, 0.4) is 0 Å². The molecule has 4 nitrogen and oxygen atoms in total. The molecule has 2 atom stereocenters. The molecule has 41 heavy (non-hydrogen) atoms. The third-order valence-electron chi connectivity index (χ3n) is 7.75. The van der Waals surface area contributed by atoms with Gasteiger partial charge in [0.05, 0.1) is 17.1 Å². The van der Waals surface area contributed by atoms with E-state index < -0.39 is 7.92 Å². The van der Waals surface area contributed by atoms with E-state index in [1.54, 1.807) is 21.5 Å². The third kappa shape index (κ3) is 4.47. The van der Waals surface area contributed by atoms with Crippen LogP contribution in [0.2, 0.25) is 0 Å². The molecule has 0 saturated heterocycles. The van der Waals surface area contributed by atoms with E-state index in [0.29, 0.717) is 17.1 Å². The second-order valence-corrected chi connectivity index (χ2v) is 12.4. The lowest BCUT2D eigenvalue weighted by Gasteiger charge is -2.23. The zero-order valence-corrected chi connectivity index (χ0v) is 23.2. The highest BCUT2D eigenvalue weighted by atomic mass is 31.1. The van der Waals surface area contributed by atoms with Gasteiger partial charge in [-0.25, -0.2) is 9.36 Å². The lowest BCUT2D eigenvalue weighted by atomic mass is 10.0. The first-order valence-corrected chi connectivity index (χ1v) is 15.3. The van der Waals surface area contributed by atoms with Gasteiger partial charge in [0, 0.05) is 0 Å². The maximum atomic E-state index is 13.7. The van der Waals surface area contributed by atoms with Crippen molar-refractivity contribution in [2.75, 3.05) is 0 Å². The minimum absolute atomic E-state index is 0.0960. The molecule has 0 radical (unpaired) electrons. The Hall–Kier alpha value is -4.79. The minimum atomic E-state index is -0.849. The summed E-state index contributed by atoms with van der Waals surface area (Å²) in [6, 6.07) is 48.7. The lowest BCUT2D eigenvalue weighted by Crippen LogP contribution is -2.36. The van der Waals surface area contributed by atoms with E-state index >= 15 is 0 Å². The first-order chi connectivity index (χ1) is 20.2. The second kappa shape index (κ2) is 10.6. The summed E-state index contributed by atoms with van der Waals surface area (Å²) in [5.41, 5.74) is 0.895. The van der Waals surface area contributed by atoms with E-state index in [1.807, 2.05) is 48.5 Å². The van der Waals surface area contributed by atoms with Crippen LogP contribution in [0.4, 0.5) is 0 Å². The molecular formula is C36H27N2O2P. The Morgan fingerprint density at radius 3 is 1.61 bits per heavy atom. The van der Waals surface area contributed by atoms with Crippen LogP contribution in [0.5, 0.6) is 0 Å². The lowest BCUT2D eigenvalue weighted by molar-refractivity contribution is 0.523. The Balaban J connectivity index is 0.000000232. The zero-order chi connectivity index (χ0) is 27.8. The van der Waals surface area contributed by atoms with Gasteiger partial charge in [0.2, 0.25) is 0 Å². The first-order valence-electron chi connectivity index (χ1n) is 13.7. The van der Waals surface area contributed by atoms with E-state index in [2.05, 4.69) is 84.9 Å². The van der Waals surface area contributed by atoms with Crippen LogP contribution in [0, 0.1) is 0 Å². The van der Waals surface area contributed by atoms with Crippen molar-refractivity contribution in [1.29, 1.82) is 0 Å². The van der Waals surface area contributed by atoms with Gasteiger partial charge in [-0.2, -0.15) is 0 Å². The summed E-state index contributed by atoms with van der Waals surface area (Å²) < 4.78 is 3.40. The van der Waals surface area contributed by atoms with Gasteiger partial charge in [-0.05, 0) is 52.5 Å². The zero-order valence-electron chi connectivity index (χ0n) is 22.3. The molecule has 8 rings (SSSR count). The molecule has 2 heterocycles. The summed E-state index contributed by atoms with van der Waals surface area (Å²) in [5, 5.41) is 7.05. The molecule has 0 aliphatic carbocycles. The van der Waals surface area contributed by atoms with Crippen LogP contribution in [0.15, 0.2) is 155 Å². The van der Waals surface area contributed by atoms with E-state index in [1.165, 1.54) is 16.1 Å². The first kappa shape index (κ1) is 25.2. The van der Waals surface area contributed by atoms with Crippen molar-refractivity contribution >= 4 is 45.5 Å². The Morgan fingerprint density at radius 2 is 0.976 bits per heavy atom. The van der Waals surface area contributed by atoms with Crippen LogP contribution in [-0.2, 0) is 6.29 Å². The highest BCUT2D eigenvalue weighted by molar-refractivity contribution is 7.65. The Kier molecular flexibility index (Phi) is 6.54. The molecular weight excluding hydrogens is 523 g/mol. The van der Waals surface area contributed by atoms with Crippen LogP contribution in [-0.4, -0.2) is 9.36 Å². The normalized spacial score (nSPS) is 15.9. The second-order valence-electron chi connectivity index (χ2n) is 10.1. The summed E-state index contributed by atoms with van der Waals surface area (Å²) in [6.07, 6.45) is 0.534. The molecule has 2 unspecified atom stereocenters. The average molecular weight is 551 g/mol. The fourth-order valence-corrected chi connectivity index (χ4v) is 8.57. The van der Waals surface area contributed by atoms with Crippen molar-refractivity contribution in [1.82, 2.24) is 9.36 Å². The molecule has 0 bridgehead atoms. The Morgan fingerprint density at radius 1 is 0.488 bits per heavy atom. The molecule has 0 saturated carbocycles. The molecule has 7 aromatic rings. The van der Waals surface area contributed by atoms with Gasteiger partial charge in [-0.1, -0.05) is 133 Å². The smallest absolute Gasteiger partial charge is 0.267 e. The van der Waals surface area contributed by atoms with Crippen LogP contribution in [0.25, 0.3) is 32.3 Å². The summed E-state index contributed by atoms with van der Waals surface area (Å²) in [6.45, 7) is 0. The van der Waals surface area contributed by atoms with E-state index in [-0.39, 0.29) is 16.9 Å². The van der Waals surface area contributed by atoms with E-state index in [0.717, 1.165) is 16.3 Å². The monoisotopic (exact) mass is 550 g/mol. The molecule has 198 valence electrons. The maximum Gasteiger partial charge on any atom is 0.274 e. The van der Waals surface area contributed by atoms with Gasteiger partial charge < -0.3 is 0 Å². The highest BCUT2D eigenvalue weighted by Gasteiger charge is 2.37. The maximum absolute atomic E-state index is 13.7. The number of benzene rings is 6. The van der Waals surface area contributed by atoms with Crippen LogP contribution in [0.1, 0.15) is 11.3 Å². The van der Waals surface area contributed by atoms with Crippen molar-refractivity contribution in [2.45, 2.75) is 12.1 Å². The van der Waals surface area contributed by atoms with Gasteiger partial charge in [0.15, 0.2) is 0 Å². The SMILES string of the molecule is O=c1c2ccccc2c(=O)n2n1CP(c1ccccc1)C2c1cccc2ccccc12.c1ccc2ccccc2c1.